The van der Waals surface area contributed by atoms with Crippen LogP contribution in [-0.2, 0) is 9.84 Å². The zero-order chi connectivity index (χ0) is 26.8. The van der Waals surface area contributed by atoms with Crippen LogP contribution in [0.2, 0.25) is 0 Å². The molecular formula is C26H22N6O5S. The molecule has 0 bridgehead atoms. The van der Waals surface area contributed by atoms with Crippen molar-refractivity contribution in [3.63, 3.8) is 0 Å². The normalized spacial score (nSPS) is 14.0. The number of benzene rings is 1. The van der Waals surface area contributed by atoms with E-state index in [0.29, 0.717) is 22.3 Å². The summed E-state index contributed by atoms with van der Waals surface area (Å²) in [5.41, 5.74) is 11.4. The number of aliphatic hydroxyl groups excluding tert-OH is 2. The Kier molecular flexibility index (Phi) is 5.42. The van der Waals surface area contributed by atoms with Crippen molar-refractivity contribution in [1.82, 2.24) is 24.1 Å². The Balaban J connectivity index is 1.44. The van der Waals surface area contributed by atoms with Gasteiger partial charge in [0, 0.05) is 41.5 Å². The molecule has 0 saturated heterocycles. The maximum Gasteiger partial charge on any atom is 0.261 e. The van der Waals surface area contributed by atoms with Gasteiger partial charge in [-0.2, -0.15) is 9.61 Å². The highest BCUT2D eigenvalue weighted by Crippen LogP contribution is 2.51. The van der Waals surface area contributed by atoms with Crippen molar-refractivity contribution in [2.75, 3.05) is 18.6 Å². The standard InChI is InChI=1S/C26H22N6O5S/c1-38(36,37)23-22(21-17-11-31(12-18(17)21)26(35)20(34)13-33)30-25-16(10-29-32(25)24(23)27)15-7-8-19(28-9-15)14-5-3-2-4-6-14/h2-12,20-21,33-34H,13,27H2,1H3/t20-/m1/s1. The number of aliphatic hydroxyl groups is 2. The molecule has 0 amide bonds. The zero-order valence-electron chi connectivity index (χ0n) is 20.1. The van der Waals surface area contributed by atoms with Crippen molar-refractivity contribution >= 4 is 27.2 Å². The molecule has 1 atom stereocenters. The molecule has 6 rings (SSSR count). The van der Waals surface area contributed by atoms with Gasteiger partial charge in [0.2, 0.25) is 0 Å². The van der Waals surface area contributed by atoms with Gasteiger partial charge in [-0.25, -0.2) is 13.4 Å². The first kappa shape index (κ1) is 24.0. The van der Waals surface area contributed by atoms with E-state index in [0.717, 1.165) is 23.1 Å². The minimum Gasteiger partial charge on any atom is -0.393 e. The largest absolute Gasteiger partial charge is 0.393 e. The van der Waals surface area contributed by atoms with Crippen LogP contribution in [0.5, 0.6) is 0 Å². The first-order chi connectivity index (χ1) is 18.2. The van der Waals surface area contributed by atoms with Gasteiger partial charge in [0.1, 0.15) is 10.7 Å². The number of carbonyl (C=O) groups excluding carboxylic acids is 1. The zero-order valence-corrected chi connectivity index (χ0v) is 20.9. The van der Waals surface area contributed by atoms with Crippen molar-refractivity contribution in [2.45, 2.75) is 16.9 Å². The molecule has 0 fully saturated rings. The van der Waals surface area contributed by atoms with Crippen LogP contribution in [0.15, 0.2) is 72.1 Å². The highest BCUT2D eigenvalue weighted by Gasteiger charge is 2.43. The lowest BCUT2D eigenvalue weighted by atomic mass is 10.1. The molecule has 1 aliphatic carbocycles. The van der Waals surface area contributed by atoms with E-state index in [1.807, 2.05) is 42.5 Å². The Hall–Kier alpha value is -4.39. The van der Waals surface area contributed by atoms with E-state index in [9.17, 15) is 18.3 Å². The van der Waals surface area contributed by atoms with Crippen LogP contribution in [0.1, 0.15) is 27.5 Å². The SMILES string of the molecule is CS(=O)(=O)c1c(C2c3cn(C(=O)[C@H](O)CO)cc32)nc2c(-c3ccc(-c4ccccc4)nc3)cnn2c1N. The monoisotopic (exact) mass is 530 g/mol. The molecule has 5 aromatic rings. The second kappa shape index (κ2) is 8.58. The van der Waals surface area contributed by atoms with Crippen LogP contribution in [0, 0.1) is 0 Å². The molecule has 0 aliphatic heterocycles. The number of nitrogens with two attached hydrogens (primary N) is 1. The summed E-state index contributed by atoms with van der Waals surface area (Å²) in [5.74, 6) is -1.24. The lowest BCUT2D eigenvalue weighted by Gasteiger charge is -2.13. The topological polar surface area (TPSA) is 166 Å². The number of pyridine rings is 1. The first-order valence-electron chi connectivity index (χ1n) is 11.6. The first-order valence-corrected chi connectivity index (χ1v) is 13.5. The Labute approximate surface area is 216 Å². The van der Waals surface area contributed by atoms with Gasteiger partial charge in [-0.15, -0.1) is 0 Å². The summed E-state index contributed by atoms with van der Waals surface area (Å²) in [6.07, 6.45) is 5.77. The van der Waals surface area contributed by atoms with Gasteiger partial charge in [-0.1, -0.05) is 36.4 Å². The summed E-state index contributed by atoms with van der Waals surface area (Å²) < 4.78 is 28.0. The highest BCUT2D eigenvalue weighted by molar-refractivity contribution is 7.91. The second-order valence-corrected chi connectivity index (χ2v) is 11.1. The Morgan fingerprint density at radius 1 is 1.08 bits per heavy atom. The minimum absolute atomic E-state index is 0.0672. The fourth-order valence-electron chi connectivity index (χ4n) is 4.69. The van der Waals surface area contributed by atoms with E-state index >= 15 is 0 Å². The molecule has 4 N–H and O–H groups in total. The van der Waals surface area contributed by atoms with E-state index < -0.39 is 34.4 Å². The van der Waals surface area contributed by atoms with Crippen LogP contribution in [-0.4, -0.2) is 67.7 Å². The van der Waals surface area contributed by atoms with Gasteiger partial charge in [-0.05, 0) is 17.2 Å². The average molecular weight is 531 g/mol. The number of sulfone groups is 1. The van der Waals surface area contributed by atoms with Crippen LogP contribution < -0.4 is 5.73 Å². The molecule has 0 spiro atoms. The van der Waals surface area contributed by atoms with Crippen molar-refractivity contribution < 1.29 is 23.4 Å². The van der Waals surface area contributed by atoms with Crippen molar-refractivity contribution in [1.29, 1.82) is 0 Å². The quantitative estimate of drug-likeness (QED) is 0.291. The molecule has 1 aromatic carbocycles. The summed E-state index contributed by atoms with van der Waals surface area (Å²) >= 11 is 0. The molecule has 0 unspecified atom stereocenters. The van der Waals surface area contributed by atoms with E-state index in [1.165, 1.54) is 21.5 Å². The van der Waals surface area contributed by atoms with Crippen LogP contribution in [0.3, 0.4) is 0 Å². The highest BCUT2D eigenvalue weighted by atomic mass is 32.2. The van der Waals surface area contributed by atoms with Crippen LogP contribution in [0.25, 0.3) is 28.0 Å². The molecular weight excluding hydrogens is 508 g/mol. The predicted molar refractivity (Wildman–Crippen MR) is 138 cm³/mol. The lowest BCUT2D eigenvalue weighted by molar-refractivity contribution is 0.0499. The number of nitrogens with zero attached hydrogens (tertiary/aromatic N) is 5. The number of carbonyl (C=O) groups is 1. The second-order valence-electron chi connectivity index (χ2n) is 9.12. The fraction of sp³-hybridized carbons (Fsp3) is 0.154. The fourth-order valence-corrected chi connectivity index (χ4v) is 5.70. The molecule has 192 valence electrons. The van der Waals surface area contributed by atoms with Crippen molar-refractivity contribution in [3.05, 3.63) is 84.1 Å². The van der Waals surface area contributed by atoms with Gasteiger partial charge < -0.3 is 15.9 Å². The molecule has 11 nitrogen and oxygen atoms in total. The van der Waals surface area contributed by atoms with Crippen LogP contribution in [0.4, 0.5) is 5.82 Å². The molecule has 0 radical (unpaired) electrons. The molecule has 38 heavy (non-hydrogen) atoms. The third kappa shape index (κ3) is 3.77. The van der Waals surface area contributed by atoms with Crippen molar-refractivity contribution in [3.8, 4) is 22.4 Å². The predicted octanol–water partition coefficient (Wildman–Crippen LogP) is 1.73. The summed E-state index contributed by atoms with van der Waals surface area (Å²) in [6.45, 7) is -0.705. The molecule has 4 heterocycles. The third-order valence-electron chi connectivity index (χ3n) is 6.59. The molecule has 1 aliphatic rings. The average Bonchev–Trinajstić information content (AvgIpc) is 3.22. The van der Waals surface area contributed by atoms with E-state index in [1.54, 1.807) is 12.4 Å². The number of anilines is 1. The summed E-state index contributed by atoms with van der Waals surface area (Å²) in [4.78, 5) is 21.4. The lowest BCUT2D eigenvalue weighted by Crippen LogP contribution is -2.29. The number of rotatable bonds is 6. The number of hydrogen-bond donors (Lipinski definition) is 3. The van der Waals surface area contributed by atoms with Gasteiger partial charge in [0.25, 0.3) is 5.91 Å². The maximum atomic E-state index is 12.8. The van der Waals surface area contributed by atoms with E-state index in [4.69, 9.17) is 15.8 Å². The summed E-state index contributed by atoms with van der Waals surface area (Å²) in [7, 11) is -3.80. The van der Waals surface area contributed by atoms with Gasteiger partial charge in [0.05, 0.1) is 30.1 Å². The number of hydrogen-bond acceptors (Lipinski definition) is 9. The van der Waals surface area contributed by atoms with Crippen molar-refractivity contribution in [2.24, 2.45) is 0 Å². The number of nitrogen functional groups attached to an aromatic ring is 1. The molecule has 4 aromatic heterocycles. The van der Waals surface area contributed by atoms with E-state index in [-0.39, 0.29) is 16.4 Å². The summed E-state index contributed by atoms with van der Waals surface area (Å²) in [5, 5.41) is 23.0. The van der Waals surface area contributed by atoms with E-state index in [2.05, 4.69) is 10.1 Å². The molecule has 12 heteroatoms. The van der Waals surface area contributed by atoms with Gasteiger partial charge in [0.15, 0.2) is 21.6 Å². The molecule has 0 saturated carbocycles. The Morgan fingerprint density at radius 2 is 1.79 bits per heavy atom. The van der Waals surface area contributed by atoms with Gasteiger partial charge >= 0.3 is 0 Å². The minimum atomic E-state index is -3.80. The van der Waals surface area contributed by atoms with Crippen LogP contribution >= 0.6 is 0 Å². The third-order valence-corrected chi connectivity index (χ3v) is 7.75. The smallest absolute Gasteiger partial charge is 0.261 e. The maximum absolute atomic E-state index is 12.8. The Morgan fingerprint density at radius 3 is 2.39 bits per heavy atom. The Bertz CT molecular complexity index is 1810. The summed E-state index contributed by atoms with van der Waals surface area (Å²) in [6, 6.07) is 13.5. The number of aromatic nitrogens is 5. The number of fused-ring (bicyclic) bond motifs is 2. The van der Waals surface area contributed by atoms with Gasteiger partial charge in [-0.3, -0.25) is 14.3 Å².